The molecule has 0 N–H and O–H groups in total. The Bertz CT molecular complexity index is 633. The molecule has 1 aromatic carbocycles. The minimum Gasteiger partial charge on any atom is -0.305 e. The van der Waals surface area contributed by atoms with Crippen molar-refractivity contribution in [2.75, 3.05) is 0 Å². The summed E-state index contributed by atoms with van der Waals surface area (Å²) in [6.07, 6.45) is 4.55. The van der Waals surface area contributed by atoms with E-state index in [0.717, 1.165) is 23.1 Å². The van der Waals surface area contributed by atoms with Gasteiger partial charge in [-0.15, -0.1) is 34.9 Å². The van der Waals surface area contributed by atoms with Crippen LogP contribution in [0, 0.1) is 11.5 Å². The van der Waals surface area contributed by atoms with E-state index in [1.165, 1.54) is 12.8 Å². The summed E-state index contributed by atoms with van der Waals surface area (Å²) in [6.45, 7) is 4.85. The third kappa shape index (κ3) is 1.82. The van der Waals surface area contributed by atoms with Gasteiger partial charge in [-0.05, 0) is 35.4 Å². The van der Waals surface area contributed by atoms with Crippen molar-refractivity contribution in [1.82, 2.24) is 4.98 Å². The van der Waals surface area contributed by atoms with Crippen LogP contribution in [-0.4, -0.2) is 4.98 Å². The first-order chi connectivity index (χ1) is 9.18. The normalized spacial score (nSPS) is 25.1. The summed E-state index contributed by atoms with van der Waals surface area (Å²) in [5.74, 6) is 1.46. The van der Waals surface area contributed by atoms with Crippen molar-refractivity contribution >= 4 is 0 Å². The average Bonchev–Trinajstić information content (AvgIpc) is 2.86. The fraction of sp³-hybridized carbons (Fsp3) is 0.389. The number of benzene rings is 1. The monoisotopic (exact) mass is 441 g/mol. The van der Waals surface area contributed by atoms with Crippen molar-refractivity contribution in [3.8, 4) is 11.3 Å². The number of hydrogen-bond acceptors (Lipinski definition) is 1. The maximum Gasteiger partial charge on any atom is 0.0160 e. The van der Waals surface area contributed by atoms with Crippen molar-refractivity contribution in [2.24, 2.45) is 5.41 Å². The molecule has 1 radical (unpaired) electrons. The second kappa shape index (κ2) is 4.79. The zero-order chi connectivity index (χ0) is 13.0. The Labute approximate surface area is 134 Å². The summed E-state index contributed by atoms with van der Waals surface area (Å²) >= 11 is 0. The molecular formula is C18H18IrN-. The Hall–Kier alpha value is -0.981. The van der Waals surface area contributed by atoms with Crippen LogP contribution in [0.2, 0.25) is 0 Å². The smallest absolute Gasteiger partial charge is 0.0160 e. The molecule has 105 valence electrons. The molecule has 4 rings (SSSR count). The number of rotatable bonds is 1. The first-order valence-electron chi connectivity index (χ1n) is 7.15. The second-order valence-electron chi connectivity index (χ2n) is 6.48. The molecule has 1 heterocycles. The molecule has 0 amide bonds. The van der Waals surface area contributed by atoms with E-state index in [-0.39, 0.29) is 20.1 Å². The molecule has 0 aliphatic heterocycles. The molecule has 2 aromatic rings. The first-order valence-corrected chi connectivity index (χ1v) is 7.15. The van der Waals surface area contributed by atoms with Crippen LogP contribution in [0.1, 0.15) is 49.7 Å². The van der Waals surface area contributed by atoms with Gasteiger partial charge in [0.2, 0.25) is 0 Å². The summed E-state index contributed by atoms with van der Waals surface area (Å²) in [5.41, 5.74) is 5.70. The molecule has 1 aromatic heterocycles. The molecule has 0 saturated heterocycles. The van der Waals surface area contributed by atoms with Crippen molar-refractivity contribution in [3.05, 3.63) is 53.7 Å². The average molecular weight is 441 g/mol. The maximum absolute atomic E-state index is 4.44. The van der Waals surface area contributed by atoms with Gasteiger partial charge in [-0.1, -0.05) is 32.4 Å². The zero-order valence-corrected chi connectivity index (χ0v) is 14.2. The number of aromatic nitrogens is 1. The third-order valence-corrected chi connectivity index (χ3v) is 5.25. The Morgan fingerprint density at radius 2 is 1.90 bits per heavy atom. The topological polar surface area (TPSA) is 12.9 Å². The molecule has 2 aliphatic rings. The SMILES string of the molecule is CC1(C)C2CCC1c1cc(-c3ccccn3)[c-]cc12.[Ir]. The van der Waals surface area contributed by atoms with E-state index in [2.05, 4.69) is 43.1 Å². The third-order valence-electron chi connectivity index (χ3n) is 5.25. The zero-order valence-electron chi connectivity index (χ0n) is 11.8. The van der Waals surface area contributed by atoms with E-state index < -0.39 is 0 Å². The van der Waals surface area contributed by atoms with Gasteiger partial charge in [0.25, 0.3) is 0 Å². The van der Waals surface area contributed by atoms with E-state index in [1.54, 1.807) is 11.1 Å². The maximum atomic E-state index is 4.44. The van der Waals surface area contributed by atoms with Gasteiger partial charge in [0.1, 0.15) is 0 Å². The van der Waals surface area contributed by atoms with Gasteiger partial charge in [0, 0.05) is 26.3 Å². The molecule has 2 aliphatic carbocycles. The minimum absolute atomic E-state index is 0. The molecule has 1 fully saturated rings. The van der Waals surface area contributed by atoms with Crippen LogP contribution in [0.4, 0.5) is 0 Å². The molecule has 2 unspecified atom stereocenters. The fourth-order valence-corrected chi connectivity index (χ4v) is 4.23. The molecule has 20 heavy (non-hydrogen) atoms. The first kappa shape index (κ1) is 14.0. The van der Waals surface area contributed by atoms with E-state index in [0.29, 0.717) is 5.41 Å². The Morgan fingerprint density at radius 1 is 1.15 bits per heavy atom. The summed E-state index contributed by atoms with van der Waals surface area (Å²) in [4.78, 5) is 4.44. The summed E-state index contributed by atoms with van der Waals surface area (Å²) in [7, 11) is 0. The van der Waals surface area contributed by atoms with Crippen LogP contribution in [0.3, 0.4) is 0 Å². The molecule has 1 saturated carbocycles. The Kier molecular flexibility index (Phi) is 3.35. The van der Waals surface area contributed by atoms with Gasteiger partial charge in [0.15, 0.2) is 0 Å². The van der Waals surface area contributed by atoms with Crippen LogP contribution in [0.25, 0.3) is 11.3 Å². The van der Waals surface area contributed by atoms with Gasteiger partial charge in [-0.3, -0.25) is 0 Å². The van der Waals surface area contributed by atoms with Crippen molar-refractivity contribution in [2.45, 2.75) is 38.5 Å². The van der Waals surface area contributed by atoms with E-state index in [4.69, 9.17) is 0 Å². The predicted octanol–water partition coefficient (Wildman–Crippen LogP) is 4.55. The molecule has 0 spiro atoms. The van der Waals surface area contributed by atoms with Gasteiger partial charge >= 0.3 is 0 Å². The van der Waals surface area contributed by atoms with Crippen LogP contribution in [0.5, 0.6) is 0 Å². The second-order valence-corrected chi connectivity index (χ2v) is 6.48. The Morgan fingerprint density at radius 3 is 2.60 bits per heavy atom. The van der Waals surface area contributed by atoms with E-state index >= 15 is 0 Å². The van der Waals surface area contributed by atoms with Crippen LogP contribution in [-0.2, 0) is 20.1 Å². The summed E-state index contributed by atoms with van der Waals surface area (Å²) in [6, 6.07) is 14.1. The Balaban J connectivity index is 0.00000121. The molecule has 2 bridgehead atoms. The minimum atomic E-state index is 0. The van der Waals surface area contributed by atoms with Crippen molar-refractivity contribution < 1.29 is 20.1 Å². The van der Waals surface area contributed by atoms with Crippen molar-refractivity contribution in [1.29, 1.82) is 0 Å². The fourth-order valence-electron chi connectivity index (χ4n) is 4.23. The summed E-state index contributed by atoms with van der Waals surface area (Å²) in [5, 5.41) is 0. The van der Waals surface area contributed by atoms with E-state index in [9.17, 15) is 0 Å². The number of pyridine rings is 1. The molecule has 2 atom stereocenters. The van der Waals surface area contributed by atoms with Crippen molar-refractivity contribution in [3.63, 3.8) is 0 Å². The van der Waals surface area contributed by atoms with E-state index in [1.807, 2.05) is 18.3 Å². The van der Waals surface area contributed by atoms with Gasteiger partial charge < -0.3 is 4.98 Å². The van der Waals surface area contributed by atoms with Crippen LogP contribution in [0.15, 0.2) is 36.5 Å². The summed E-state index contributed by atoms with van der Waals surface area (Å²) < 4.78 is 0. The molecule has 1 nitrogen and oxygen atoms in total. The number of fused-ring (bicyclic) bond motifs is 5. The van der Waals surface area contributed by atoms with Gasteiger partial charge in [0.05, 0.1) is 0 Å². The van der Waals surface area contributed by atoms with Gasteiger partial charge in [-0.2, -0.15) is 0 Å². The quantitative estimate of drug-likeness (QED) is 0.593. The number of hydrogen-bond donors (Lipinski definition) is 0. The largest absolute Gasteiger partial charge is 0.305 e. The predicted molar refractivity (Wildman–Crippen MR) is 77.0 cm³/mol. The molecule has 2 heteroatoms. The van der Waals surface area contributed by atoms with Gasteiger partial charge in [-0.25, -0.2) is 0 Å². The van der Waals surface area contributed by atoms with Crippen LogP contribution < -0.4 is 0 Å². The number of nitrogens with zero attached hydrogens (tertiary/aromatic N) is 1. The molecular weight excluding hydrogens is 422 g/mol. The van der Waals surface area contributed by atoms with Crippen LogP contribution >= 0.6 is 0 Å². The standard InChI is InChI=1S/C18H18N.Ir/c1-18(2)15-8-9-16(18)14-11-12(6-7-13(14)15)17-5-3-4-10-19-17;/h3-5,7,10-11,15-16H,8-9H2,1-2H3;/q-1;.